The highest BCUT2D eigenvalue weighted by atomic mass is 16.2. The number of hydrogen-bond acceptors (Lipinski definition) is 3. The van der Waals surface area contributed by atoms with Gasteiger partial charge in [-0.15, -0.1) is 0 Å². The zero-order chi connectivity index (χ0) is 15.3. The number of nitrogens with zero attached hydrogens (tertiary/aromatic N) is 2. The highest BCUT2D eigenvalue weighted by Gasteiger charge is 2.41. The van der Waals surface area contributed by atoms with Gasteiger partial charge in [0.15, 0.2) is 5.69 Å². The third-order valence-corrected chi connectivity index (χ3v) is 3.97. The number of para-hydroxylation sites is 1. The van der Waals surface area contributed by atoms with Gasteiger partial charge in [-0.25, -0.2) is 9.88 Å². The van der Waals surface area contributed by atoms with Crippen molar-refractivity contribution in [2.24, 2.45) is 0 Å². The Bertz CT molecular complexity index is 932. The van der Waals surface area contributed by atoms with Crippen LogP contribution in [0.5, 0.6) is 0 Å². The molecule has 0 atom stereocenters. The molecule has 2 amide bonds. The first-order valence-corrected chi connectivity index (χ1v) is 7.01. The molecule has 0 unspecified atom stereocenters. The van der Waals surface area contributed by atoms with Crippen LogP contribution in [0.1, 0.15) is 26.4 Å². The van der Waals surface area contributed by atoms with Crippen LogP contribution in [-0.2, 0) is 0 Å². The van der Waals surface area contributed by atoms with Crippen molar-refractivity contribution >= 4 is 28.4 Å². The number of pyridine rings is 1. The molecule has 2 aromatic carbocycles. The van der Waals surface area contributed by atoms with Gasteiger partial charge >= 0.3 is 0 Å². The molecule has 0 aliphatic carbocycles. The number of aromatic nitrogens is 1. The molecule has 0 radical (unpaired) electrons. The van der Waals surface area contributed by atoms with Gasteiger partial charge in [0.25, 0.3) is 11.8 Å². The molecule has 3 aromatic rings. The van der Waals surface area contributed by atoms with Crippen LogP contribution in [0.2, 0.25) is 0 Å². The van der Waals surface area contributed by atoms with Crippen LogP contribution in [0.15, 0.2) is 54.6 Å². The molecule has 4 heteroatoms. The number of benzene rings is 2. The number of rotatable bonds is 1. The molecule has 1 aromatic heterocycles. The minimum atomic E-state index is -0.335. The molecule has 0 bridgehead atoms. The first-order chi connectivity index (χ1) is 10.7. The molecule has 4 rings (SSSR count). The Balaban J connectivity index is 1.88. The molecule has 0 fully saturated rings. The van der Waals surface area contributed by atoms with Crippen LogP contribution in [0.4, 0.5) is 5.69 Å². The lowest BCUT2D eigenvalue weighted by molar-refractivity contribution is 0.0874. The molecular weight excluding hydrogens is 276 g/mol. The van der Waals surface area contributed by atoms with E-state index in [0.29, 0.717) is 16.9 Å². The smallest absolute Gasteiger partial charge is 0.268 e. The minimum Gasteiger partial charge on any atom is -0.268 e. The Labute approximate surface area is 127 Å². The fraction of sp³-hybridized carbons (Fsp3) is 0.0556. The molecule has 1 aliphatic heterocycles. The molecule has 0 N–H and O–H groups in total. The standard InChI is InChI=1S/C18H12N2O2/c1-11-13-9-5-6-10-14(13)19-15-16(11)20(18(15)22)17(21)12-7-3-2-4-8-12/h2-10H,1H3. The molecule has 22 heavy (non-hydrogen) atoms. The summed E-state index contributed by atoms with van der Waals surface area (Å²) >= 11 is 0. The molecule has 4 nitrogen and oxygen atoms in total. The van der Waals surface area contributed by atoms with Crippen molar-refractivity contribution in [3.63, 3.8) is 0 Å². The molecule has 0 spiro atoms. The maximum absolute atomic E-state index is 12.6. The Morgan fingerprint density at radius 1 is 1.00 bits per heavy atom. The summed E-state index contributed by atoms with van der Waals surface area (Å²) in [5, 5.41) is 0.958. The first-order valence-electron chi connectivity index (χ1n) is 7.01. The predicted octanol–water partition coefficient (Wildman–Crippen LogP) is 3.34. The zero-order valence-electron chi connectivity index (χ0n) is 11.9. The van der Waals surface area contributed by atoms with Gasteiger partial charge in [0, 0.05) is 10.9 Å². The van der Waals surface area contributed by atoms with Crippen LogP contribution in [-0.4, -0.2) is 16.8 Å². The van der Waals surface area contributed by atoms with E-state index in [-0.39, 0.29) is 11.8 Å². The van der Waals surface area contributed by atoms with E-state index in [1.54, 1.807) is 24.3 Å². The van der Waals surface area contributed by atoms with E-state index in [2.05, 4.69) is 4.98 Å². The Kier molecular flexibility index (Phi) is 2.60. The summed E-state index contributed by atoms with van der Waals surface area (Å²) in [7, 11) is 0. The lowest BCUT2D eigenvalue weighted by Crippen LogP contribution is -2.46. The SMILES string of the molecule is Cc1c2c(nc3ccccc13)C(=O)N2C(=O)c1ccccc1. The van der Waals surface area contributed by atoms with Crippen LogP contribution >= 0.6 is 0 Å². The van der Waals surface area contributed by atoms with E-state index in [1.165, 1.54) is 4.90 Å². The zero-order valence-corrected chi connectivity index (χ0v) is 11.9. The van der Waals surface area contributed by atoms with Gasteiger partial charge in [-0.1, -0.05) is 36.4 Å². The van der Waals surface area contributed by atoms with Crippen molar-refractivity contribution < 1.29 is 9.59 Å². The number of imide groups is 1. The van der Waals surface area contributed by atoms with Crippen molar-refractivity contribution in [1.29, 1.82) is 0 Å². The van der Waals surface area contributed by atoms with Gasteiger partial charge in [0.2, 0.25) is 0 Å². The predicted molar refractivity (Wildman–Crippen MR) is 84.1 cm³/mol. The Morgan fingerprint density at radius 2 is 1.68 bits per heavy atom. The van der Waals surface area contributed by atoms with Gasteiger partial charge in [-0.2, -0.15) is 0 Å². The van der Waals surface area contributed by atoms with Gasteiger partial charge in [0.1, 0.15) is 0 Å². The topological polar surface area (TPSA) is 50.3 Å². The molecule has 2 heterocycles. The fourth-order valence-corrected chi connectivity index (χ4v) is 2.85. The second kappa shape index (κ2) is 4.49. The first kappa shape index (κ1) is 12.7. The average molecular weight is 288 g/mol. The van der Waals surface area contributed by atoms with Gasteiger partial charge in [0.05, 0.1) is 11.2 Å². The number of fused-ring (bicyclic) bond motifs is 2. The highest BCUT2D eigenvalue weighted by Crippen LogP contribution is 2.39. The monoisotopic (exact) mass is 288 g/mol. The quantitative estimate of drug-likeness (QED) is 0.645. The van der Waals surface area contributed by atoms with Crippen molar-refractivity contribution in [1.82, 2.24) is 4.98 Å². The molecule has 106 valence electrons. The molecular formula is C18H12N2O2. The van der Waals surface area contributed by atoms with Gasteiger partial charge in [-0.3, -0.25) is 9.59 Å². The van der Waals surface area contributed by atoms with Crippen LogP contribution in [0.25, 0.3) is 10.9 Å². The fourth-order valence-electron chi connectivity index (χ4n) is 2.85. The summed E-state index contributed by atoms with van der Waals surface area (Å²) in [4.78, 5) is 30.5. The van der Waals surface area contributed by atoms with Crippen LogP contribution < -0.4 is 4.90 Å². The second-order valence-electron chi connectivity index (χ2n) is 5.26. The van der Waals surface area contributed by atoms with Gasteiger partial charge in [-0.05, 0) is 30.7 Å². The third-order valence-electron chi connectivity index (χ3n) is 3.97. The summed E-state index contributed by atoms with van der Waals surface area (Å²) in [6.45, 7) is 1.92. The van der Waals surface area contributed by atoms with E-state index in [1.807, 2.05) is 37.3 Å². The van der Waals surface area contributed by atoms with Crippen molar-refractivity contribution in [3.05, 3.63) is 71.4 Å². The number of amides is 2. The normalized spacial score (nSPS) is 13.0. The lowest BCUT2D eigenvalue weighted by atomic mass is 9.98. The second-order valence-corrected chi connectivity index (χ2v) is 5.26. The van der Waals surface area contributed by atoms with Crippen molar-refractivity contribution in [2.45, 2.75) is 6.92 Å². The van der Waals surface area contributed by atoms with E-state index < -0.39 is 0 Å². The summed E-state index contributed by atoms with van der Waals surface area (Å²) in [6.07, 6.45) is 0. The van der Waals surface area contributed by atoms with E-state index in [4.69, 9.17) is 0 Å². The average Bonchev–Trinajstić information content (AvgIpc) is 2.57. The number of carbonyl (C=O) groups excluding carboxylic acids is 2. The summed E-state index contributed by atoms with van der Waals surface area (Å²) in [5.41, 5.74) is 3.18. The minimum absolute atomic E-state index is 0.307. The number of aryl methyl sites for hydroxylation is 1. The largest absolute Gasteiger partial charge is 0.286 e. The van der Waals surface area contributed by atoms with E-state index >= 15 is 0 Å². The highest BCUT2D eigenvalue weighted by molar-refractivity contribution is 6.35. The summed E-state index contributed by atoms with van der Waals surface area (Å²) in [5.74, 6) is -0.643. The van der Waals surface area contributed by atoms with Crippen molar-refractivity contribution in [2.75, 3.05) is 4.90 Å². The summed E-state index contributed by atoms with van der Waals surface area (Å²) in [6, 6.07) is 16.4. The lowest BCUT2D eigenvalue weighted by Gasteiger charge is -2.32. The maximum Gasteiger partial charge on any atom is 0.286 e. The molecule has 1 aliphatic rings. The van der Waals surface area contributed by atoms with E-state index in [9.17, 15) is 9.59 Å². The third kappa shape index (κ3) is 1.61. The number of carbonyl (C=O) groups is 2. The van der Waals surface area contributed by atoms with Gasteiger partial charge < -0.3 is 0 Å². The van der Waals surface area contributed by atoms with Crippen molar-refractivity contribution in [3.8, 4) is 0 Å². The molecule has 0 saturated carbocycles. The van der Waals surface area contributed by atoms with Crippen LogP contribution in [0, 0.1) is 6.92 Å². The summed E-state index contributed by atoms with van der Waals surface area (Å²) < 4.78 is 0. The maximum atomic E-state index is 12.6. The number of anilines is 1. The van der Waals surface area contributed by atoms with E-state index in [0.717, 1.165) is 16.5 Å². The number of hydrogen-bond donors (Lipinski definition) is 0. The van der Waals surface area contributed by atoms with Crippen LogP contribution in [0.3, 0.4) is 0 Å². The molecule has 0 saturated heterocycles. The Morgan fingerprint density at radius 3 is 2.45 bits per heavy atom. The Hall–Kier alpha value is -3.01.